The Hall–Kier alpha value is -4.04. The molecule has 0 aliphatic heterocycles. The molecule has 0 radical (unpaired) electrons. The summed E-state index contributed by atoms with van der Waals surface area (Å²) in [5.41, 5.74) is 4.62. The van der Waals surface area contributed by atoms with Crippen LogP contribution >= 0.6 is 0 Å². The zero-order chi connectivity index (χ0) is 30.7. The number of aliphatic hydroxyl groups excluding tert-OH is 1. The van der Waals surface area contributed by atoms with E-state index in [1.807, 2.05) is 0 Å². The minimum Gasteiger partial charge on any atom is -0.395 e. The first-order valence-electron chi connectivity index (χ1n) is 16.4. The third-order valence-electron chi connectivity index (χ3n) is 8.40. The molecule has 2 aromatic carbocycles. The van der Waals surface area contributed by atoms with Gasteiger partial charge in [0.15, 0.2) is 0 Å². The van der Waals surface area contributed by atoms with E-state index in [2.05, 4.69) is 110 Å². The van der Waals surface area contributed by atoms with Crippen LogP contribution in [0.15, 0.2) is 72.8 Å². The molecule has 0 amide bonds. The van der Waals surface area contributed by atoms with Crippen molar-refractivity contribution >= 4 is 17.6 Å². The third-order valence-corrected chi connectivity index (χ3v) is 8.40. The molecule has 8 nitrogen and oxygen atoms in total. The molecular weight excluding hydrogens is 546 g/mol. The maximum Gasteiger partial charge on any atom is 0.224 e. The van der Waals surface area contributed by atoms with Crippen LogP contribution in [0.25, 0.3) is 0 Å². The van der Waals surface area contributed by atoms with Gasteiger partial charge in [-0.25, -0.2) is 15.0 Å². The number of hydrogen-bond acceptors (Lipinski definition) is 8. The Bertz CT molecular complexity index is 1280. The fraction of sp³-hybridized carbons (Fsp3) is 0.444. The normalized spacial score (nSPS) is 19.3. The Kier molecular flexibility index (Phi) is 11.1. The second-order valence-electron chi connectivity index (χ2n) is 11.6. The van der Waals surface area contributed by atoms with Crippen LogP contribution in [0, 0.1) is 0 Å². The van der Waals surface area contributed by atoms with Crippen molar-refractivity contribution in [2.75, 3.05) is 42.2 Å². The van der Waals surface area contributed by atoms with Crippen molar-refractivity contribution in [3.63, 3.8) is 0 Å². The lowest BCUT2D eigenvalue weighted by Crippen LogP contribution is -2.41. The van der Waals surface area contributed by atoms with Gasteiger partial charge in [-0.15, -0.1) is 0 Å². The second-order valence-corrected chi connectivity index (χ2v) is 11.6. The molecule has 4 N–H and O–H groups in total. The van der Waals surface area contributed by atoms with Gasteiger partial charge in [-0.05, 0) is 30.4 Å². The molecule has 44 heavy (non-hydrogen) atoms. The van der Waals surface area contributed by atoms with E-state index in [0.29, 0.717) is 12.5 Å². The molecule has 1 aliphatic carbocycles. The van der Waals surface area contributed by atoms with Crippen molar-refractivity contribution in [3.05, 3.63) is 101 Å². The van der Waals surface area contributed by atoms with Crippen molar-refractivity contribution in [3.8, 4) is 0 Å². The zero-order valence-corrected chi connectivity index (χ0v) is 26.3. The highest BCUT2D eigenvalue weighted by atomic mass is 16.3. The van der Waals surface area contributed by atoms with Crippen molar-refractivity contribution < 1.29 is 5.11 Å². The summed E-state index contributed by atoms with van der Waals surface area (Å²) < 4.78 is 0. The number of aryl methyl sites for hydroxylation is 1. The van der Waals surface area contributed by atoms with Crippen LogP contribution in [0.2, 0.25) is 0 Å². The average molecular weight is 594 g/mol. The quantitative estimate of drug-likeness (QED) is 0.109. The first kappa shape index (κ1) is 31.4. The summed E-state index contributed by atoms with van der Waals surface area (Å²) >= 11 is 0. The lowest BCUT2D eigenvalue weighted by molar-refractivity contribution is 0.219. The summed E-state index contributed by atoms with van der Waals surface area (Å²) in [5, 5.41) is 19.8. The molecule has 5 rings (SSSR count). The first-order valence-corrected chi connectivity index (χ1v) is 16.4. The number of rotatable bonds is 16. The molecule has 0 spiro atoms. The summed E-state index contributed by atoms with van der Waals surface area (Å²) in [4.78, 5) is 20.0. The smallest absolute Gasteiger partial charge is 0.224 e. The van der Waals surface area contributed by atoms with Crippen molar-refractivity contribution in [1.82, 2.24) is 19.9 Å². The van der Waals surface area contributed by atoms with E-state index in [9.17, 15) is 5.11 Å². The van der Waals surface area contributed by atoms with Crippen molar-refractivity contribution in [2.45, 2.75) is 76.5 Å². The minimum atomic E-state index is 0.0466. The molecule has 1 aliphatic rings. The van der Waals surface area contributed by atoms with Gasteiger partial charge >= 0.3 is 0 Å². The van der Waals surface area contributed by atoms with E-state index in [4.69, 9.17) is 19.9 Å². The Balaban J connectivity index is 1.67. The van der Waals surface area contributed by atoms with Crippen LogP contribution in [0.4, 0.5) is 17.6 Å². The van der Waals surface area contributed by atoms with Gasteiger partial charge < -0.3 is 21.1 Å². The van der Waals surface area contributed by atoms with E-state index in [1.165, 1.54) is 11.1 Å². The van der Waals surface area contributed by atoms with Gasteiger partial charge in [-0.2, -0.15) is 4.98 Å². The largest absolute Gasteiger partial charge is 0.395 e. The minimum absolute atomic E-state index is 0.0466. The number of unbranched alkanes of at least 4 members (excludes halogenated alkanes) is 1. The SMILES string of the molecule is CCCCc1nc(NCCO)cc(C2[C@@H](c3ccccc3)C(c3cc(NCCC)nc(NCCC)n3)[C@@H]2c2ccccc2)n1. The number of hydrogen-bond donors (Lipinski definition) is 4. The number of anilines is 3. The molecule has 4 aromatic rings. The van der Waals surface area contributed by atoms with Gasteiger partial charge in [0.25, 0.3) is 0 Å². The van der Waals surface area contributed by atoms with Crippen LogP contribution in [0.3, 0.4) is 0 Å². The van der Waals surface area contributed by atoms with Gasteiger partial charge in [0.1, 0.15) is 17.5 Å². The highest BCUT2D eigenvalue weighted by Gasteiger charge is 2.54. The van der Waals surface area contributed by atoms with E-state index in [0.717, 1.165) is 74.0 Å². The molecule has 8 heteroatoms. The maximum absolute atomic E-state index is 9.54. The fourth-order valence-corrected chi connectivity index (χ4v) is 6.37. The zero-order valence-electron chi connectivity index (χ0n) is 26.3. The molecule has 0 bridgehead atoms. The van der Waals surface area contributed by atoms with Gasteiger partial charge in [0.05, 0.1) is 18.0 Å². The van der Waals surface area contributed by atoms with Crippen LogP contribution in [0.5, 0.6) is 0 Å². The summed E-state index contributed by atoms with van der Waals surface area (Å²) in [7, 11) is 0. The fourth-order valence-electron chi connectivity index (χ4n) is 6.37. The van der Waals surface area contributed by atoms with Gasteiger partial charge in [0.2, 0.25) is 5.95 Å². The molecular formula is C36H47N7O. The van der Waals surface area contributed by atoms with Crippen LogP contribution in [0.1, 0.15) is 98.5 Å². The summed E-state index contributed by atoms with van der Waals surface area (Å²) in [5.74, 6) is 3.67. The lowest BCUT2D eigenvalue weighted by Gasteiger charge is -2.52. The van der Waals surface area contributed by atoms with E-state index in [-0.39, 0.29) is 30.3 Å². The number of aliphatic hydroxyl groups is 1. The lowest BCUT2D eigenvalue weighted by atomic mass is 9.50. The molecule has 2 atom stereocenters. The molecule has 1 fully saturated rings. The Morgan fingerprint density at radius 3 is 1.70 bits per heavy atom. The Morgan fingerprint density at radius 2 is 1.14 bits per heavy atom. The molecule has 232 valence electrons. The summed E-state index contributed by atoms with van der Waals surface area (Å²) in [6, 6.07) is 25.9. The van der Waals surface area contributed by atoms with Gasteiger partial charge in [-0.3, -0.25) is 0 Å². The van der Waals surface area contributed by atoms with Gasteiger partial charge in [-0.1, -0.05) is 87.9 Å². The molecule has 2 aromatic heterocycles. The summed E-state index contributed by atoms with van der Waals surface area (Å²) in [6.07, 6.45) is 4.95. The van der Waals surface area contributed by atoms with E-state index in [1.54, 1.807) is 0 Å². The third kappa shape index (κ3) is 7.36. The molecule has 2 heterocycles. The maximum atomic E-state index is 9.54. The molecule has 0 unspecified atom stereocenters. The number of aromatic nitrogens is 4. The van der Waals surface area contributed by atoms with Crippen molar-refractivity contribution in [1.29, 1.82) is 0 Å². The Labute approximate surface area is 262 Å². The summed E-state index contributed by atoms with van der Waals surface area (Å²) in [6.45, 7) is 8.68. The van der Waals surface area contributed by atoms with Crippen LogP contribution in [-0.4, -0.2) is 51.3 Å². The second kappa shape index (κ2) is 15.6. The number of nitrogens with one attached hydrogen (secondary N) is 3. The topological polar surface area (TPSA) is 108 Å². The standard InChI is InChI=1S/C36H47N7O/c1-4-7-18-29-40-27(23-30(42-29)38-21-22-44)34-32(25-14-10-8-11-15-25)35(33(34)26-16-12-9-13-17-26)28-24-31(37-19-5-2)43-36(41-28)39-20-6-3/h8-17,23-24,32-35,44H,4-7,18-22H2,1-3H3,(H,38,40,42)(H2,37,39,41,43)/t32-,33-,34?,35?/m1/s1. The highest BCUT2D eigenvalue weighted by Crippen LogP contribution is 2.66. The van der Waals surface area contributed by atoms with Crippen LogP contribution < -0.4 is 16.0 Å². The van der Waals surface area contributed by atoms with Crippen LogP contribution in [-0.2, 0) is 6.42 Å². The number of nitrogens with zero attached hydrogens (tertiary/aromatic N) is 4. The Morgan fingerprint density at radius 1 is 0.591 bits per heavy atom. The number of benzene rings is 2. The molecule has 0 saturated heterocycles. The van der Waals surface area contributed by atoms with E-state index < -0.39 is 0 Å². The predicted molar refractivity (Wildman–Crippen MR) is 180 cm³/mol. The van der Waals surface area contributed by atoms with Crippen molar-refractivity contribution in [2.24, 2.45) is 0 Å². The monoisotopic (exact) mass is 593 g/mol. The highest BCUT2D eigenvalue weighted by molar-refractivity contribution is 5.51. The molecule has 1 saturated carbocycles. The van der Waals surface area contributed by atoms with Gasteiger partial charge in [0, 0.05) is 61.9 Å². The first-order chi connectivity index (χ1) is 21.7. The predicted octanol–water partition coefficient (Wildman–Crippen LogP) is 7.11. The average Bonchev–Trinajstić information content (AvgIpc) is 3.05. The van der Waals surface area contributed by atoms with E-state index >= 15 is 0 Å².